The lowest BCUT2D eigenvalue weighted by molar-refractivity contribution is 0.680. The Morgan fingerprint density at radius 2 is 1.96 bits per heavy atom. The minimum Gasteiger partial charge on any atom is -0.357 e. The number of guanidine groups is 1. The second kappa shape index (κ2) is 9.93. The maximum absolute atomic E-state index is 12.1. The highest BCUT2D eigenvalue weighted by atomic mass is 32.2. The Balaban J connectivity index is 1.77. The normalized spacial score (nSPS) is 12.8. The Morgan fingerprint density at radius 3 is 2.62 bits per heavy atom. The molecule has 2 N–H and O–H groups in total. The Morgan fingerprint density at radius 1 is 1.17 bits per heavy atom. The van der Waals surface area contributed by atoms with E-state index in [1.165, 1.54) is 5.56 Å². The van der Waals surface area contributed by atoms with Crippen molar-refractivity contribution in [3.05, 3.63) is 59.9 Å². The fourth-order valence-electron chi connectivity index (χ4n) is 2.28. The van der Waals surface area contributed by atoms with Crippen molar-refractivity contribution in [2.24, 2.45) is 12.0 Å². The first-order valence-corrected chi connectivity index (χ1v) is 9.68. The molecule has 130 valence electrons. The molecule has 0 saturated heterocycles. The molecule has 1 unspecified atom stereocenters. The molecule has 1 atom stereocenters. The maximum atomic E-state index is 12.1. The predicted molar refractivity (Wildman–Crippen MR) is 101 cm³/mol. The Labute approximate surface area is 146 Å². The molecule has 0 aliphatic heterocycles. The molecule has 0 bridgehead atoms. The van der Waals surface area contributed by atoms with Crippen LogP contribution in [0.5, 0.6) is 0 Å². The van der Waals surface area contributed by atoms with Crippen molar-refractivity contribution in [2.75, 3.05) is 18.8 Å². The van der Waals surface area contributed by atoms with Gasteiger partial charge in [-0.25, -0.2) is 4.99 Å². The van der Waals surface area contributed by atoms with Gasteiger partial charge >= 0.3 is 0 Å². The number of benzene rings is 1. The minimum atomic E-state index is -0.877. The van der Waals surface area contributed by atoms with E-state index in [4.69, 9.17) is 0 Å². The summed E-state index contributed by atoms with van der Waals surface area (Å²) >= 11 is 0. The molecule has 0 spiro atoms. The van der Waals surface area contributed by atoms with E-state index in [0.717, 1.165) is 18.1 Å². The summed E-state index contributed by atoms with van der Waals surface area (Å²) in [6.45, 7) is 4.10. The predicted octanol–water partition coefficient (Wildman–Crippen LogP) is 2.03. The molecule has 6 heteroatoms. The van der Waals surface area contributed by atoms with Gasteiger partial charge in [0, 0.05) is 54.8 Å². The van der Waals surface area contributed by atoms with Crippen molar-refractivity contribution in [1.82, 2.24) is 15.2 Å². The van der Waals surface area contributed by atoms with E-state index >= 15 is 0 Å². The maximum Gasteiger partial charge on any atom is 0.191 e. The third-order valence-corrected chi connectivity index (χ3v) is 4.76. The molecular formula is C18H26N4OS. The highest BCUT2D eigenvalue weighted by Crippen LogP contribution is 2.03. The van der Waals surface area contributed by atoms with Gasteiger partial charge in [0.25, 0.3) is 0 Å². The molecule has 0 aliphatic carbocycles. The van der Waals surface area contributed by atoms with E-state index in [2.05, 4.69) is 27.9 Å². The van der Waals surface area contributed by atoms with Crippen LogP contribution in [-0.4, -0.2) is 33.6 Å². The first-order valence-electron chi connectivity index (χ1n) is 8.19. The quantitative estimate of drug-likeness (QED) is 0.568. The second-order valence-corrected chi connectivity index (χ2v) is 7.16. The number of aromatic nitrogens is 1. The average Bonchev–Trinajstić information content (AvgIpc) is 2.99. The molecule has 0 aliphatic rings. The molecule has 0 saturated carbocycles. The molecular weight excluding hydrogens is 320 g/mol. The first kappa shape index (κ1) is 18.3. The SMILES string of the molecule is CCNC(=NCc1ccn(C)c1)NCCS(=O)Cc1ccccc1. The van der Waals surface area contributed by atoms with Gasteiger partial charge in [0.1, 0.15) is 0 Å². The monoisotopic (exact) mass is 346 g/mol. The van der Waals surface area contributed by atoms with Gasteiger partial charge in [-0.2, -0.15) is 0 Å². The Kier molecular flexibility index (Phi) is 7.55. The number of rotatable bonds is 8. The third-order valence-electron chi connectivity index (χ3n) is 3.45. The number of hydrogen-bond donors (Lipinski definition) is 2. The third kappa shape index (κ3) is 6.58. The van der Waals surface area contributed by atoms with Crippen LogP contribution in [-0.2, 0) is 30.1 Å². The zero-order chi connectivity index (χ0) is 17.2. The number of nitrogens with zero attached hydrogens (tertiary/aromatic N) is 2. The van der Waals surface area contributed by atoms with E-state index in [9.17, 15) is 4.21 Å². The van der Waals surface area contributed by atoms with E-state index in [1.807, 2.05) is 55.1 Å². The largest absolute Gasteiger partial charge is 0.357 e. The van der Waals surface area contributed by atoms with E-state index < -0.39 is 10.8 Å². The van der Waals surface area contributed by atoms with Gasteiger partial charge in [0.2, 0.25) is 0 Å². The van der Waals surface area contributed by atoms with Crippen LogP contribution in [0.1, 0.15) is 18.1 Å². The first-order chi connectivity index (χ1) is 11.7. The zero-order valence-electron chi connectivity index (χ0n) is 14.4. The molecule has 1 aromatic heterocycles. The molecule has 5 nitrogen and oxygen atoms in total. The molecule has 0 radical (unpaired) electrons. The highest BCUT2D eigenvalue weighted by molar-refractivity contribution is 7.84. The summed E-state index contributed by atoms with van der Waals surface area (Å²) in [5.41, 5.74) is 2.28. The minimum absolute atomic E-state index is 0.597. The van der Waals surface area contributed by atoms with Crippen molar-refractivity contribution in [1.29, 1.82) is 0 Å². The van der Waals surface area contributed by atoms with Crippen molar-refractivity contribution in [3.8, 4) is 0 Å². The van der Waals surface area contributed by atoms with Crippen LogP contribution in [0.3, 0.4) is 0 Å². The smallest absolute Gasteiger partial charge is 0.191 e. The fourth-order valence-corrected chi connectivity index (χ4v) is 3.32. The summed E-state index contributed by atoms with van der Waals surface area (Å²) in [6.07, 6.45) is 4.07. The standard InChI is InChI=1S/C18H26N4OS/c1-3-19-18(21-13-17-9-11-22(2)14-17)20-10-12-24(23)15-16-7-5-4-6-8-16/h4-9,11,14H,3,10,12-13,15H2,1-2H3,(H2,19,20,21). The molecule has 24 heavy (non-hydrogen) atoms. The summed E-state index contributed by atoms with van der Waals surface area (Å²) in [4.78, 5) is 4.56. The Bertz CT molecular complexity index is 667. The van der Waals surface area contributed by atoms with Crippen LogP contribution in [0.2, 0.25) is 0 Å². The molecule has 0 fully saturated rings. The summed E-state index contributed by atoms with van der Waals surface area (Å²) in [5, 5.41) is 6.47. The van der Waals surface area contributed by atoms with Crippen LogP contribution in [0.4, 0.5) is 0 Å². The zero-order valence-corrected chi connectivity index (χ0v) is 15.2. The Hall–Kier alpha value is -2.08. The van der Waals surface area contributed by atoms with Crippen molar-refractivity contribution in [3.63, 3.8) is 0 Å². The van der Waals surface area contributed by atoms with Gasteiger partial charge < -0.3 is 15.2 Å². The van der Waals surface area contributed by atoms with Gasteiger partial charge in [-0.05, 0) is 24.1 Å². The van der Waals surface area contributed by atoms with Gasteiger partial charge in [0.15, 0.2) is 5.96 Å². The van der Waals surface area contributed by atoms with Crippen LogP contribution in [0.15, 0.2) is 53.8 Å². The molecule has 1 aromatic carbocycles. The molecule has 2 rings (SSSR count). The summed E-state index contributed by atoms with van der Waals surface area (Å²) in [5.74, 6) is 1.96. The molecule has 0 amide bonds. The van der Waals surface area contributed by atoms with E-state index in [-0.39, 0.29) is 0 Å². The van der Waals surface area contributed by atoms with Gasteiger partial charge in [0.05, 0.1) is 6.54 Å². The van der Waals surface area contributed by atoms with Gasteiger partial charge in [-0.15, -0.1) is 0 Å². The lowest BCUT2D eigenvalue weighted by Crippen LogP contribution is -2.39. The van der Waals surface area contributed by atoms with Crippen LogP contribution < -0.4 is 10.6 Å². The van der Waals surface area contributed by atoms with E-state index in [0.29, 0.717) is 24.6 Å². The van der Waals surface area contributed by atoms with Crippen molar-refractivity contribution >= 4 is 16.8 Å². The topological polar surface area (TPSA) is 58.4 Å². The number of aliphatic imine (C=N–C) groups is 1. The number of hydrogen-bond acceptors (Lipinski definition) is 2. The van der Waals surface area contributed by atoms with E-state index in [1.54, 1.807) is 0 Å². The molecule has 1 heterocycles. The summed E-state index contributed by atoms with van der Waals surface area (Å²) in [7, 11) is 1.12. The van der Waals surface area contributed by atoms with Crippen LogP contribution in [0, 0.1) is 0 Å². The van der Waals surface area contributed by atoms with Gasteiger partial charge in [-0.1, -0.05) is 30.3 Å². The summed E-state index contributed by atoms with van der Waals surface area (Å²) in [6, 6.07) is 12.0. The van der Waals surface area contributed by atoms with Crippen LogP contribution >= 0.6 is 0 Å². The summed E-state index contributed by atoms with van der Waals surface area (Å²) < 4.78 is 14.2. The van der Waals surface area contributed by atoms with Crippen molar-refractivity contribution < 1.29 is 4.21 Å². The lowest BCUT2D eigenvalue weighted by atomic mass is 10.2. The second-order valence-electron chi connectivity index (χ2n) is 5.58. The van der Waals surface area contributed by atoms with Crippen molar-refractivity contribution in [2.45, 2.75) is 19.2 Å². The fraction of sp³-hybridized carbons (Fsp3) is 0.389. The number of aryl methyl sites for hydroxylation is 1. The average molecular weight is 347 g/mol. The highest BCUT2D eigenvalue weighted by Gasteiger charge is 2.03. The number of nitrogens with one attached hydrogen (secondary N) is 2. The van der Waals surface area contributed by atoms with Crippen LogP contribution in [0.25, 0.3) is 0 Å². The van der Waals surface area contributed by atoms with Gasteiger partial charge in [-0.3, -0.25) is 4.21 Å². The lowest BCUT2D eigenvalue weighted by Gasteiger charge is -2.11. The molecule has 2 aromatic rings.